The molecule has 0 spiro atoms. The zero-order chi connectivity index (χ0) is 29.3. The molecule has 0 unspecified atom stereocenters. The maximum absolute atomic E-state index is 3.76. The van der Waals surface area contributed by atoms with Gasteiger partial charge in [0.25, 0.3) is 0 Å². The maximum Gasteiger partial charge on any atom is 0.0713 e. The maximum atomic E-state index is 3.76. The molecule has 0 saturated heterocycles. The Morgan fingerprint density at radius 1 is 0.318 bits per heavy atom. The van der Waals surface area contributed by atoms with Crippen LogP contribution in [0.3, 0.4) is 0 Å². The molecule has 1 N–H and O–H groups in total. The van der Waals surface area contributed by atoms with E-state index in [9.17, 15) is 0 Å². The van der Waals surface area contributed by atoms with Gasteiger partial charge >= 0.3 is 0 Å². The van der Waals surface area contributed by atoms with Crippen molar-refractivity contribution in [3.8, 4) is 33.4 Å². The smallest absolute Gasteiger partial charge is 0.0713 e. The van der Waals surface area contributed by atoms with Crippen LogP contribution in [0.25, 0.3) is 33.4 Å². The third-order valence-electron chi connectivity index (χ3n) is 8.94. The predicted octanol–water partition coefficient (Wildman–Crippen LogP) is 11.1. The second-order valence-electron chi connectivity index (χ2n) is 11.4. The Labute approximate surface area is 259 Å². The summed E-state index contributed by atoms with van der Waals surface area (Å²) in [5.41, 5.74) is 14.3. The highest BCUT2D eigenvalue weighted by molar-refractivity contribution is 5.90. The molecule has 1 heteroatoms. The lowest BCUT2D eigenvalue weighted by atomic mass is 9.68. The highest BCUT2D eigenvalue weighted by atomic mass is 14.9. The molecule has 8 rings (SSSR count). The molecule has 208 valence electrons. The van der Waals surface area contributed by atoms with Crippen molar-refractivity contribution in [2.45, 2.75) is 5.41 Å². The third-order valence-corrected chi connectivity index (χ3v) is 8.94. The summed E-state index contributed by atoms with van der Waals surface area (Å²) in [5, 5.41) is 3.76. The second kappa shape index (κ2) is 10.9. The van der Waals surface area contributed by atoms with Crippen LogP contribution in [0.15, 0.2) is 182 Å². The van der Waals surface area contributed by atoms with Gasteiger partial charge in [-0.3, -0.25) is 0 Å². The van der Waals surface area contributed by atoms with Crippen molar-refractivity contribution in [3.05, 3.63) is 204 Å². The Hall–Kier alpha value is -5.66. The molecule has 0 fully saturated rings. The summed E-state index contributed by atoms with van der Waals surface area (Å²) in [6, 6.07) is 65.7. The summed E-state index contributed by atoms with van der Waals surface area (Å²) < 4.78 is 0. The molecular weight excluding hydrogens is 530 g/mol. The zero-order valence-corrected chi connectivity index (χ0v) is 24.3. The van der Waals surface area contributed by atoms with E-state index in [0.717, 1.165) is 11.4 Å². The standard InChI is InChI=1S/C43H31N/c1-5-15-31(16-6-1)37-27-25-35(29-39(37)32-17-7-2-8-18-32)44-36-26-28-42-40(30-36)38-23-13-14-24-41(38)43(42,33-19-9-3-10-20-33)34-21-11-4-12-22-34/h1-30,44H. The quantitative estimate of drug-likeness (QED) is 0.213. The highest BCUT2D eigenvalue weighted by Gasteiger charge is 2.45. The Morgan fingerprint density at radius 3 is 1.39 bits per heavy atom. The van der Waals surface area contributed by atoms with Crippen LogP contribution in [0.2, 0.25) is 0 Å². The SMILES string of the molecule is c1ccc(-c2ccc(Nc3ccc4c(c3)-c3ccccc3C4(c3ccccc3)c3ccccc3)cc2-c2ccccc2)cc1. The molecule has 44 heavy (non-hydrogen) atoms. The Balaban J connectivity index is 1.26. The van der Waals surface area contributed by atoms with Gasteiger partial charge in [-0.2, -0.15) is 0 Å². The van der Waals surface area contributed by atoms with Gasteiger partial charge in [-0.25, -0.2) is 0 Å². The third kappa shape index (κ3) is 4.25. The zero-order valence-electron chi connectivity index (χ0n) is 24.3. The van der Waals surface area contributed by atoms with Gasteiger partial charge in [-0.05, 0) is 79.9 Å². The van der Waals surface area contributed by atoms with Crippen LogP contribution < -0.4 is 5.32 Å². The fourth-order valence-electron chi connectivity index (χ4n) is 7.04. The van der Waals surface area contributed by atoms with Gasteiger partial charge in [-0.1, -0.05) is 158 Å². The first-order valence-corrected chi connectivity index (χ1v) is 15.2. The topological polar surface area (TPSA) is 12.0 Å². The van der Waals surface area contributed by atoms with Gasteiger partial charge in [0, 0.05) is 11.4 Å². The van der Waals surface area contributed by atoms with E-state index in [0.29, 0.717) is 0 Å². The van der Waals surface area contributed by atoms with Gasteiger partial charge < -0.3 is 5.32 Å². The molecule has 1 aliphatic rings. The molecule has 0 atom stereocenters. The first kappa shape index (κ1) is 26.0. The number of hydrogen-bond acceptors (Lipinski definition) is 1. The number of nitrogens with one attached hydrogen (secondary N) is 1. The molecule has 0 radical (unpaired) electrons. The van der Waals surface area contributed by atoms with Gasteiger partial charge in [0.2, 0.25) is 0 Å². The van der Waals surface area contributed by atoms with Crippen LogP contribution in [-0.4, -0.2) is 0 Å². The minimum atomic E-state index is -0.384. The number of hydrogen-bond donors (Lipinski definition) is 1. The lowest BCUT2D eigenvalue weighted by molar-refractivity contribution is 0.768. The number of anilines is 2. The Kier molecular flexibility index (Phi) is 6.43. The average Bonchev–Trinajstić information content (AvgIpc) is 3.40. The average molecular weight is 562 g/mol. The van der Waals surface area contributed by atoms with Gasteiger partial charge in [0.05, 0.1) is 5.41 Å². The molecule has 0 heterocycles. The van der Waals surface area contributed by atoms with Crippen LogP contribution in [0, 0.1) is 0 Å². The second-order valence-corrected chi connectivity index (χ2v) is 11.4. The molecule has 0 aromatic heterocycles. The van der Waals surface area contributed by atoms with Crippen molar-refractivity contribution in [1.29, 1.82) is 0 Å². The van der Waals surface area contributed by atoms with Crippen molar-refractivity contribution in [3.63, 3.8) is 0 Å². The van der Waals surface area contributed by atoms with Gasteiger partial charge in [0.15, 0.2) is 0 Å². The summed E-state index contributed by atoms with van der Waals surface area (Å²) in [6.07, 6.45) is 0. The summed E-state index contributed by atoms with van der Waals surface area (Å²) in [6.45, 7) is 0. The summed E-state index contributed by atoms with van der Waals surface area (Å²) in [4.78, 5) is 0. The van der Waals surface area contributed by atoms with E-state index in [1.807, 2.05) is 0 Å². The predicted molar refractivity (Wildman–Crippen MR) is 184 cm³/mol. The van der Waals surface area contributed by atoms with Gasteiger partial charge in [-0.15, -0.1) is 0 Å². The van der Waals surface area contributed by atoms with Crippen molar-refractivity contribution in [2.24, 2.45) is 0 Å². The van der Waals surface area contributed by atoms with E-state index in [4.69, 9.17) is 0 Å². The first-order chi connectivity index (χ1) is 21.8. The Bertz CT molecular complexity index is 2020. The van der Waals surface area contributed by atoms with Crippen molar-refractivity contribution in [1.82, 2.24) is 0 Å². The van der Waals surface area contributed by atoms with E-state index in [2.05, 4.69) is 187 Å². The molecule has 0 aliphatic heterocycles. The molecular formula is C43H31N. The van der Waals surface area contributed by atoms with E-state index in [1.54, 1.807) is 0 Å². The van der Waals surface area contributed by atoms with E-state index >= 15 is 0 Å². The van der Waals surface area contributed by atoms with Crippen LogP contribution in [0.5, 0.6) is 0 Å². The van der Waals surface area contributed by atoms with E-state index in [-0.39, 0.29) is 5.41 Å². The fourth-order valence-corrected chi connectivity index (χ4v) is 7.04. The first-order valence-electron chi connectivity index (χ1n) is 15.2. The van der Waals surface area contributed by atoms with Crippen molar-refractivity contribution >= 4 is 11.4 Å². The van der Waals surface area contributed by atoms with Crippen LogP contribution in [0.1, 0.15) is 22.3 Å². The van der Waals surface area contributed by atoms with Crippen molar-refractivity contribution < 1.29 is 0 Å². The normalized spacial score (nSPS) is 12.7. The number of benzene rings is 7. The van der Waals surface area contributed by atoms with Gasteiger partial charge in [0.1, 0.15) is 0 Å². The van der Waals surface area contributed by atoms with Crippen LogP contribution in [0.4, 0.5) is 11.4 Å². The molecule has 0 saturated carbocycles. The van der Waals surface area contributed by atoms with Crippen LogP contribution >= 0.6 is 0 Å². The summed E-state index contributed by atoms with van der Waals surface area (Å²) in [5.74, 6) is 0. The molecule has 1 aliphatic carbocycles. The molecule has 0 bridgehead atoms. The molecule has 1 nitrogen and oxygen atoms in total. The van der Waals surface area contributed by atoms with Crippen LogP contribution in [-0.2, 0) is 5.41 Å². The molecule has 7 aromatic rings. The Morgan fingerprint density at radius 2 is 0.773 bits per heavy atom. The highest BCUT2D eigenvalue weighted by Crippen LogP contribution is 2.56. The van der Waals surface area contributed by atoms with E-state index in [1.165, 1.54) is 55.6 Å². The van der Waals surface area contributed by atoms with E-state index < -0.39 is 0 Å². The lowest BCUT2D eigenvalue weighted by Crippen LogP contribution is -2.28. The monoisotopic (exact) mass is 561 g/mol. The number of fused-ring (bicyclic) bond motifs is 3. The number of rotatable bonds is 6. The minimum absolute atomic E-state index is 0.384. The summed E-state index contributed by atoms with van der Waals surface area (Å²) >= 11 is 0. The lowest BCUT2D eigenvalue weighted by Gasteiger charge is -2.33. The van der Waals surface area contributed by atoms with Crippen molar-refractivity contribution in [2.75, 3.05) is 5.32 Å². The minimum Gasteiger partial charge on any atom is -0.355 e. The molecule has 0 amide bonds. The fraction of sp³-hybridized carbons (Fsp3) is 0.0233. The molecule has 7 aromatic carbocycles. The largest absolute Gasteiger partial charge is 0.355 e. The summed E-state index contributed by atoms with van der Waals surface area (Å²) in [7, 11) is 0.